The van der Waals surface area contributed by atoms with Gasteiger partial charge in [0.15, 0.2) is 9.84 Å². The fourth-order valence-electron chi connectivity index (χ4n) is 2.83. The van der Waals surface area contributed by atoms with Crippen LogP contribution >= 0.6 is 31.9 Å². The van der Waals surface area contributed by atoms with Crippen LogP contribution in [0.1, 0.15) is 6.42 Å². The van der Waals surface area contributed by atoms with Crippen LogP contribution in [0.15, 0.2) is 0 Å². The van der Waals surface area contributed by atoms with Crippen LogP contribution in [0, 0.1) is 11.3 Å². The maximum Gasteiger partial charge on any atom is 0.150 e. The molecule has 1 atom stereocenters. The summed E-state index contributed by atoms with van der Waals surface area (Å²) in [6, 6.07) is 1.18. The molecule has 102 valence electrons. The number of halogens is 2. The van der Waals surface area contributed by atoms with Crippen LogP contribution in [0.5, 0.6) is 0 Å². The molecule has 0 bridgehead atoms. The Morgan fingerprint density at radius 1 is 1.24 bits per heavy atom. The van der Waals surface area contributed by atoms with E-state index in [-0.39, 0.29) is 5.41 Å². The van der Waals surface area contributed by atoms with Crippen molar-refractivity contribution in [2.45, 2.75) is 32.1 Å². The van der Waals surface area contributed by atoms with Crippen molar-refractivity contribution in [2.75, 3.05) is 22.2 Å². The van der Waals surface area contributed by atoms with Gasteiger partial charge < -0.3 is 0 Å². The lowest BCUT2D eigenvalue weighted by Crippen LogP contribution is -2.41. The molecule has 1 aliphatic rings. The molecule has 0 saturated carbocycles. The molecule has 0 spiro atoms. The van der Waals surface area contributed by atoms with Gasteiger partial charge in [-0.2, -0.15) is 0 Å². The summed E-state index contributed by atoms with van der Waals surface area (Å²) < 4.78 is 23.3. The van der Waals surface area contributed by atoms with E-state index in [0.29, 0.717) is 17.4 Å². The highest BCUT2D eigenvalue weighted by atomic mass is 79.9. The molecular weight excluding hydrogens is 384 g/mol. The first kappa shape index (κ1) is 16.2. The highest BCUT2D eigenvalue weighted by Gasteiger charge is 2.45. The van der Waals surface area contributed by atoms with Gasteiger partial charge in [-0.3, -0.25) is 0 Å². The molecule has 1 fully saturated rings. The predicted molar refractivity (Wildman–Crippen MR) is 84.9 cm³/mol. The lowest BCUT2D eigenvalue weighted by atomic mass is 9.80. The monoisotopic (exact) mass is 404 g/mol. The molecule has 1 rings (SSSR count). The van der Waals surface area contributed by atoms with Crippen molar-refractivity contribution in [3.63, 3.8) is 0 Å². The lowest BCUT2D eigenvalue weighted by Gasteiger charge is -2.40. The Morgan fingerprint density at radius 2 is 1.76 bits per heavy atom. The minimum absolute atomic E-state index is 0.119. The smallest absolute Gasteiger partial charge is 0.150 e. The van der Waals surface area contributed by atoms with Gasteiger partial charge in [-0.15, -0.1) is 0 Å². The molecule has 0 N–H and O–H groups in total. The molecular formula is C11H22Br2O2SSi. The Hall–Kier alpha value is 1.13. The zero-order valence-electron chi connectivity index (χ0n) is 10.8. The minimum Gasteiger partial charge on any atom is -0.229 e. The van der Waals surface area contributed by atoms with Gasteiger partial charge in [-0.25, -0.2) is 8.42 Å². The van der Waals surface area contributed by atoms with Crippen molar-refractivity contribution in [3.05, 3.63) is 0 Å². The molecule has 1 unspecified atom stereocenters. The van der Waals surface area contributed by atoms with Crippen LogP contribution in [-0.2, 0) is 9.84 Å². The SMILES string of the molecule is C[Si](C)(C)CC(CBr)(CBr)C1CCS(=O)(=O)C1. The third-order valence-corrected chi connectivity index (χ3v) is 9.28. The molecule has 0 aliphatic carbocycles. The van der Waals surface area contributed by atoms with Gasteiger partial charge in [0.25, 0.3) is 0 Å². The standard InChI is InChI=1S/C11H22Br2O2SSi/c1-17(2,3)9-11(7-12,8-13)10-4-5-16(14,15)6-10/h10H,4-9H2,1-3H3. The number of hydrogen-bond acceptors (Lipinski definition) is 2. The van der Waals surface area contributed by atoms with Gasteiger partial charge in [0, 0.05) is 18.7 Å². The first-order chi connectivity index (χ1) is 7.64. The highest BCUT2D eigenvalue weighted by molar-refractivity contribution is 9.09. The molecule has 1 heterocycles. The van der Waals surface area contributed by atoms with Crippen molar-refractivity contribution in [2.24, 2.45) is 11.3 Å². The first-order valence-electron chi connectivity index (χ1n) is 5.96. The summed E-state index contributed by atoms with van der Waals surface area (Å²) in [5.74, 6) is 1.08. The number of sulfone groups is 1. The van der Waals surface area contributed by atoms with E-state index in [9.17, 15) is 8.42 Å². The summed E-state index contributed by atoms with van der Waals surface area (Å²) in [4.78, 5) is 0. The van der Waals surface area contributed by atoms with Crippen LogP contribution in [0.4, 0.5) is 0 Å². The molecule has 17 heavy (non-hydrogen) atoms. The quantitative estimate of drug-likeness (QED) is 0.517. The fourth-order valence-corrected chi connectivity index (χ4v) is 10.4. The summed E-state index contributed by atoms with van der Waals surface area (Å²) in [7, 11) is -3.98. The summed E-state index contributed by atoms with van der Waals surface area (Å²) in [5.41, 5.74) is 0.119. The topological polar surface area (TPSA) is 34.1 Å². The zero-order valence-corrected chi connectivity index (χ0v) is 15.8. The maximum atomic E-state index is 11.7. The van der Waals surface area contributed by atoms with E-state index in [0.717, 1.165) is 17.1 Å². The summed E-state index contributed by atoms with van der Waals surface area (Å²) in [6.07, 6.45) is 0.837. The van der Waals surface area contributed by atoms with E-state index < -0.39 is 17.9 Å². The second kappa shape index (κ2) is 5.63. The van der Waals surface area contributed by atoms with E-state index in [4.69, 9.17) is 0 Å². The molecule has 1 saturated heterocycles. The summed E-state index contributed by atoms with van der Waals surface area (Å²) >= 11 is 7.26. The molecule has 0 aromatic carbocycles. The Morgan fingerprint density at radius 3 is 2.06 bits per heavy atom. The minimum atomic E-state index is -2.78. The average Bonchev–Trinajstić information content (AvgIpc) is 2.54. The highest BCUT2D eigenvalue weighted by Crippen LogP contribution is 2.44. The van der Waals surface area contributed by atoms with Crippen LogP contribution < -0.4 is 0 Å². The number of hydrogen-bond donors (Lipinski definition) is 0. The molecule has 0 amide bonds. The third-order valence-electron chi connectivity index (χ3n) is 3.51. The molecule has 1 aliphatic heterocycles. The molecule has 0 radical (unpaired) electrons. The maximum absolute atomic E-state index is 11.7. The lowest BCUT2D eigenvalue weighted by molar-refractivity contribution is 0.283. The largest absolute Gasteiger partial charge is 0.229 e. The Labute approximate surface area is 123 Å². The van der Waals surface area contributed by atoms with Crippen LogP contribution in [0.2, 0.25) is 25.7 Å². The van der Waals surface area contributed by atoms with Gasteiger partial charge in [-0.1, -0.05) is 57.5 Å². The number of rotatable bonds is 5. The van der Waals surface area contributed by atoms with Gasteiger partial charge in [0.2, 0.25) is 0 Å². The van der Waals surface area contributed by atoms with E-state index in [1.807, 2.05) is 0 Å². The Bertz CT molecular complexity index is 358. The predicted octanol–water partition coefficient (Wildman–Crippen LogP) is 3.54. The Balaban J connectivity index is 2.93. The third kappa shape index (κ3) is 4.32. The van der Waals surface area contributed by atoms with Gasteiger partial charge in [0.05, 0.1) is 11.5 Å². The van der Waals surface area contributed by atoms with Crippen molar-refractivity contribution in [1.29, 1.82) is 0 Å². The van der Waals surface area contributed by atoms with E-state index in [1.165, 1.54) is 6.04 Å². The van der Waals surface area contributed by atoms with Gasteiger partial charge in [-0.05, 0) is 17.8 Å². The van der Waals surface area contributed by atoms with E-state index in [2.05, 4.69) is 51.5 Å². The first-order valence-corrected chi connectivity index (χ1v) is 13.7. The van der Waals surface area contributed by atoms with Crippen molar-refractivity contribution in [3.8, 4) is 0 Å². The van der Waals surface area contributed by atoms with E-state index >= 15 is 0 Å². The van der Waals surface area contributed by atoms with Crippen LogP contribution in [0.25, 0.3) is 0 Å². The van der Waals surface area contributed by atoms with Gasteiger partial charge >= 0.3 is 0 Å². The van der Waals surface area contributed by atoms with Crippen LogP contribution in [0.3, 0.4) is 0 Å². The normalized spacial score (nSPS) is 25.1. The van der Waals surface area contributed by atoms with E-state index in [1.54, 1.807) is 0 Å². The summed E-state index contributed by atoms with van der Waals surface area (Å²) in [6.45, 7) is 7.07. The van der Waals surface area contributed by atoms with Gasteiger partial charge in [0.1, 0.15) is 0 Å². The Kier molecular flexibility index (Phi) is 5.36. The van der Waals surface area contributed by atoms with Crippen molar-refractivity contribution >= 4 is 49.8 Å². The summed E-state index contributed by atoms with van der Waals surface area (Å²) in [5, 5.41) is 1.80. The van der Waals surface area contributed by atoms with Crippen molar-refractivity contribution in [1.82, 2.24) is 0 Å². The second-order valence-electron chi connectivity index (χ2n) is 6.47. The van der Waals surface area contributed by atoms with Crippen molar-refractivity contribution < 1.29 is 8.42 Å². The molecule has 0 aromatic rings. The average molecular weight is 406 g/mol. The fraction of sp³-hybridized carbons (Fsp3) is 1.00. The number of alkyl halides is 2. The molecule has 0 aromatic heterocycles. The van der Waals surface area contributed by atoms with Crippen LogP contribution in [-0.4, -0.2) is 38.7 Å². The second-order valence-corrected chi connectivity index (χ2v) is 15.3. The zero-order chi connectivity index (χ0) is 13.3. The molecule has 2 nitrogen and oxygen atoms in total. The molecule has 6 heteroatoms.